The minimum atomic E-state index is 0.687. The van der Waals surface area contributed by atoms with Gasteiger partial charge in [-0.1, -0.05) is 32.6 Å². The van der Waals surface area contributed by atoms with Crippen LogP contribution in [0, 0.1) is 0 Å². The Kier molecular flexibility index (Phi) is 8.70. The number of rotatable bonds is 8. The third kappa shape index (κ3) is 6.75. The summed E-state index contributed by atoms with van der Waals surface area (Å²) in [6, 6.07) is 1.55. The van der Waals surface area contributed by atoms with E-state index in [1.807, 2.05) is 0 Å². The zero-order chi connectivity index (χ0) is 13.2. The normalized spacial score (nSPS) is 20.0. The van der Waals surface area contributed by atoms with Gasteiger partial charge < -0.3 is 10.2 Å². The lowest BCUT2D eigenvalue weighted by Crippen LogP contribution is -2.33. The monoisotopic (exact) mass is 254 g/mol. The highest BCUT2D eigenvalue weighted by molar-refractivity contribution is 4.73. The highest BCUT2D eigenvalue weighted by Gasteiger charge is 2.16. The first-order valence-electron chi connectivity index (χ1n) is 8.17. The molecule has 1 rings (SSSR count). The Labute approximate surface area is 115 Å². The van der Waals surface area contributed by atoms with E-state index in [0.717, 1.165) is 6.04 Å². The van der Waals surface area contributed by atoms with E-state index in [1.54, 1.807) is 0 Å². The molecule has 1 fully saturated rings. The standard InChI is InChI=1S/C16H34N2/c1-4-13-17-15(2)10-9-14-18(3)16-11-7-5-6-8-12-16/h15-17H,4-14H2,1-3H3. The molecule has 0 heterocycles. The molecule has 0 amide bonds. The average molecular weight is 254 g/mol. The van der Waals surface area contributed by atoms with Crippen LogP contribution in [0.2, 0.25) is 0 Å². The molecule has 18 heavy (non-hydrogen) atoms. The van der Waals surface area contributed by atoms with Crippen molar-refractivity contribution in [2.24, 2.45) is 0 Å². The van der Waals surface area contributed by atoms with Gasteiger partial charge >= 0.3 is 0 Å². The van der Waals surface area contributed by atoms with Crippen LogP contribution in [0.3, 0.4) is 0 Å². The first-order valence-corrected chi connectivity index (χ1v) is 8.17. The predicted molar refractivity (Wildman–Crippen MR) is 81.1 cm³/mol. The van der Waals surface area contributed by atoms with E-state index in [9.17, 15) is 0 Å². The molecule has 1 unspecified atom stereocenters. The summed E-state index contributed by atoms with van der Waals surface area (Å²) in [6.45, 7) is 7.00. The van der Waals surface area contributed by atoms with Crippen LogP contribution in [0.4, 0.5) is 0 Å². The fourth-order valence-corrected chi connectivity index (χ4v) is 3.02. The van der Waals surface area contributed by atoms with Crippen LogP contribution < -0.4 is 5.32 Å². The van der Waals surface area contributed by atoms with Gasteiger partial charge in [-0.3, -0.25) is 0 Å². The van der Waals surface area contributed by atoms with Crippen LogP contribution in [-0.4, -0.2) is 37.1 Å². The van der Waals surface area contributed by atoms with Crippen molar-refractivity contribution in [2.75, 3.05) is 20.1 Å². The molecule has 0 bridgehead atoms. The van der Waals surface area contributed by atoms with Crippen LogP contribution >= 0.6 is 0 Å². The molecule has 2 heteroatoms. The van der Waals surface area contributed by atoms with E-state index in [4.69, 9.17) is 0 Å². The largest absolute Gasteiger partial charge is 0.314 e. The molecular formula is C16H34N2. The van der Waals surface area contributed by atoms with Gasteiger partial charge in [0.15, 0.2) is 0 Å². The minimum absolute atomic E-state index is 0.687. The van der Waals surface area contributed by atoms with Gasteiger partial charge in [0.2, 0.25) is 0 Å². The van der Waals surface area contributed by atoms with Gasteiger partial charge in [-0.05, 0) is 59.2 Å². The van der Waals surface area contributed by atoms with Crippen molar-refractivity contribution in [1.82, 2.24) is 10.2 Å². The Morgan fingerprint density at radius 2 is 1.83 bits per heavy atom. The molecule has 0 saturated heterocycles. The van der Waals surface area contributed by atoms with E-state index in [0.29, 0.717) is 6.04 Å². The molecule has 0 spiro atoms. The fraction of sp³-hybridized carbons (Fsp3) is 1.00. The van der Waals surface area contributed by atoms with Gasteiger partial charge in [-0.15, -0.1) is 0 Å². The SMILES string of the molecule is CCCNC(C)CCCN(C)C1CCCCCC1. The second-order valence-corrected chi connectivity index (χ2v) is 6.12. The van der Waals surface area contributed by atoms with Gasteiger partial charge in [0.25, 0.3) is 0 Å². The molecule has 0 radical (unpaired) electrons. The van der Waals surface area contributed by atoms with Crippen molar-refractivity contribution >= 4 is 0 Å². The van der Waals surface area contributed by atoms with Crippen LogP contribution in [0.25, 0.3) is 0 Å². The van der Waals surface area contributed by atoms with Crippen LogP contribution in [0.5, 0.6) is 0 Å². The van der Waals surface area contributed by atoms with Crippen LogP contribution in [-0.2, 0) is 0 Å². The number of hydrogen-bond donors (Lipinski definition) is 1. The summed E-state index contributed by atoms with van der Waals surface area (Å²) in [5, 5.41) is 3.58. The van der Waals surface area contributed by atoms with Crippen LogP contribution in [0.15, 0.2) is 0 Å². The van der Waals surface area contributed by atoms with Gasteiger partial charge in [0.05, 0.1) is 0 Å². The Balaban J connectivity index is 2.09. The summed E-state index contributed by atoms with van der Waals surface area (Å²) >= 11 is 0. The van der Waals surface area contributed by atoms with Crippen molar-refractivity contribution in [2.45, 2.75) is 83.7 Å². The second kappa shape index (κ2) is 9.80. The first kappa shape index (κ1) is 16.0. The van der Waals surface area contributed by atoms with Gasteiger partial charge in [-0.2, -0.15) is 0 Å². The summed E-state index contributed by atoms with van der Waals surface area (Å²) in [5.41, 5.74) is 0. The molecule has 1 N–H and O–H groups in total. The molecule has 1 aliphatic carbocycles. The molecule has 108 valence electrons. The number of nitrogens with one attached hydrogen (secondary N) is 1. The molecule has 0 aromatic carbocycles. The van der Waals surface area contributed by atoms with E-state index in [-0.39, 0.29) is 0 Å². The van der Waals surface area contributed by atoms with Crippen molar-refractivity contribution < 1.29 is 0 Å². The van der Waals surface area contributed by atoms with Crippen molar-refractivity contribution in [3.8, 4) is 0 Å². The van der Waals surface area contributed by atoms with E-state index in [1.165, 1.54) is 70.9 Å². The fourth-order valence-electron chi connectivity index (χ4n) is 3.02. The Morgan fingerprint density at radius 3 is 2.44 bits per heavy atom. The lowest BCUT2D eigenvalue weighted by atomic mass is 10.1. The molecule has 2 nitrogen and oxygen atoms in total. The van der Waals surface area contributed by atoms with Crippen LogP contribution in [0.1, 0.15) is 71.6 Å². The highest BCUT2D eigenvalue weighted by atomic mass is 15.1. The second-order valence-electron chi connectivity index (χ2n) is 6.12. The number of nitrogens with zero attached hydrogens (tertiary/aromatic N) is 1. The van der Waals surface area contributed by atoms with Gasteiger partial charge in [0.1, 0.15) is 0 Å². The summed E-state index contributed by atoms with van der Waals surface area (Å²) in [6.07, 6.45) is 12.6. The molecular weight excluding hydrogens is 220 g/mol. The maximum Gasteiger partial charge on any atom is 0.00922 e. The lowest BCUT2D eigenvalue weighted by molar-refractivity contribution is 0.214. The molecule has 1 saturated carbocycles. The first-order chi connectivity index (χ1) is 8.74. The third-order valence-electron chi connectivity index (χ3n) is 4.34. The topological polar surface area (TPSA) is 15.3 Å². The molecule has 0 aliphatic heterocycles. The minimum Gasteiger partial charge on any atom is -0.314 e. The number of hydrogen-bond acceptors (Lipinski definition) is 2. The maximum absolute atomic E-state index is 3.58. The smallest absolute Gasteiger partial charge is 0.00922 e. The Bertz CT molecular complexity index is 186. The quantitative estimate of drug-likeness (QED) is 0.663. The van der Waals surface area contributed by atoms with E-state index < -0.39 is 0 Å². The van der Waals surface area contributed by atoms with Crippen molar-refractivity contribution in [3.63, 3.8) is 0 Å². The lowest BCUT2D eigenvalue weighted by Gasteiger charge is -2.27. The molecule has 0 aromatic rings. The zero-order valence-corrected chi connectivity index (χ0v) is 12.9. The average Bonchev–Trinajstić information content (AvgIpc) is 2.65. The third-order valence-corrected chi connectivity index (χ3v) is 4.34. The van der Waals surface area contributed by atoms with E-state index >= 15 is 0 Å². The maximum atomic E-state index is 3.58. The summed E-state index contributed by atoms with van der Waals surface area (Å²) in [7, 11) is 2.33. The molecule has 0 aromatic heterocycles. The highest BCUT2D eigenvalue weighted by Crippen LogP contribution is 2.21. The Hall–Kier alpha value is -0.0800. The van der Waals surface area contributed by atoms with Crippen molar-refractivity contribution in [3.05, 3.63) is 0 Å². The van der Waals surface area contributed by atoms with Crippen molar-refractivity contribution in [1.29, 1.82) is 0 Å². The molecule has 1 atom stereocenters. The summed E-state index contributed by atoms with van der Waals surface area (Å²) in [4.78, 5) is 2.62. The summed E-state index contributed by atoms with van der Waals surface area (Å²) < 4.78 is 0. The zero-order valence-electron chi connectivity index (χ0n) is 12.9. The molecule has 1 aliphatic rings. The Morgan fingerprint density at radius 1 is 1.17 bits per heavy atom. The summed E-state index contributed by atoms with van der Waals surface area (Å²) in [5.74, 6) is 0. The van der Waals surface area contributed by atoms with Gasteiger partial charge in [0, 0.05) is 12.1 Å². The van der Waals surface area contributed by atoms with Gasteiger partial charge in [-0.25, -0.2) is 0 Å². The van der Waals surface area contributed by atoms with E-state index in [2.05, 4.69) is 31.1 Å². The predicted octanol–water partition coefficient (Wildman–Crippen LogP) is 3.81.